The van der Waals surface area contributed by atoms with Gasteiger partial charge in [0, 0.05) is 25.7 Å². The van der Waals surface area contributed by atoms with Crippen molar-refractivity contribution in [2.75, 3.05) is 44.8 Å². The minimum absolute atomic E-state index is 0.132. The van der Waals surface area contributed by atoms with Crippen molar-refractivity contribution >= 4 is 32.6 Å². The van der Waals surface area contributed by atoms with Crippen molar-refractivity contribution in [3.05, 3.63) is 18.2 Å². The number of aromatic nitrogens is 1. The van der Waals surface area contributed by atoms with Gasteiger partial charge in [0.05, 0.1) is 30.5 Å². The molecule has 25 heavy (non-hydrogen) atoms. The number of ether oxygens (including phenoxy) is 2. The van der Waals surface area contributed by atoms with Crippen molar-refractivity contribution in [1.29, 1.82) is 0 Å². The van der Waals surface area contributed by atoms with Crippen molar-refractivity contribution in [2.24, 2.45) is 0 Å². The summed E-state index contributed by atoms with van der Waals surface area (Å²) in [6, 6.07) is 5.94. The molecule has 134 valence electrons. The van der Waals surface area contributed by atoms with Gasteiger partial charge in [-0.1, -0.05) is 11.3 Å². The first-order chi connectivity index (χ1) is 12.2. The molecule has 2 fully saturated rings. The summed E-state index contributed by atoms with van der Waals surface area (Å²) in [6.07, 6.45) is 3.04. The third kappa shape index (κ3) is 3.43. The van der Waals surface area contributed by atoms with Gasteiger partial charge >= 0.3 is 0 Å². The van der Waals surface area contributed by atoms with Crippen LogP contribution in [0.1, 0.15) is 19.3 Å². The molecule has 0 spiro atoms. The first-order valence-corrected chi connectivity index (χ1v) is 9.66. The van der Waals surface area contributed by atoms with Gasteiger partial charge in [-0.25, -0.2) is 4.98 Å². The van der Waals surface area contributed by atoms with Gasteiger partial charge in [-0.15, -0.1) is 0 Å². The predicted molar refractivity (Wildman–Crippen MR) is 98.6 cm³/mol. The molecule has 0 saturated carbocycles. The number of nitrogens with zero attached hydrogens (tertiary/aromatic N) is 3. The summed E-state index contributed by atoms with van der Waals surface area (Å²) in [5.74, 6) is 0.941. The summed E-state index contributed by atoms with van der Waals surface area (Å²) in [4.78, 5) is 21.6. The molecule has 2 saturated heterocycles. The van der Waals surface area contributed by atoms with Crippen molar-refractivity contribution in [3.63, 3.8) is 0 Å². The number of fused-ring (bicyclic) bond motifs is 1. The van der Waals surface area contributed by atoms with Crippen LogP contribution in [0.3, 0.4) is 0 Å². The number of hydrogen-bond donors (Lipinski definition) is 0. The molecule has 0 radical (unpaired) electrons. The SMILES string of the molecule is COc1ccc2sc(N3CCOC(C(=O)N4CCCCC4)C3)nc2c1. The quantitative estimate of drug-likeness (QED) is 0.841. The lowest BCUT2D eigenvalue weighted by molar-refractivity contribution is -0.145. The highest BCUT2D eigenvalue weighted by Gasteiger charge is 2.31. The fourth-order valence-electron chi connectivity index (χ4n) is 3.45. The Morgan fingerprint density at radius 1 is 1.28 bits per heavy atom. The second kappa shape index (κ2) is 7.17. The number of hydrogen-bond acceptors (Lipinski definition) is 6. The van der Waals surface area contributed by atoms with Crippen molar-refractivity contribution < 1.29 is 14.3 Å². The molecule has 1 atom stereocenters. The van der Waals surface area contributed by atoms with Gasteiger partial charge in [-0.3, -0.25) is 4.79 Å². The Morgan fingerprint density at radius 3 is 2.92 bits per heavy atom. The van der Waals surface area contributed by atoms with E-state index in [-0.39, 0.29) is 12.0 Å². The molecule has 2 aromatic rings. The minimum Gasteiger partial charge on any atom is -0.497 e. The van der Waals surface area contributed by atoms with Gasteiger partial charge in [0.15, 0.2) is 11.2 Å². The number of likely N-dealkylation sites (tertiary alicyclic amines) is 1. The van der Waals surface area contributed by atoms with E-state index in [2.05, 4.69) is 4.90 Å². The predicted octanol–water partition coefficient (Wildman–Crippen LogP) is 2.52. The molecule has 2 aliphatic heterocycles. The van der Waals surface area contributed by atoms with Gasteiger partial charge in [-0.05, 0) is 31.4 Å². The average Bonchev–Trinajstić information content (AvgIpc) is 3.11. The second-order valence-electron chi connectivity index (χ2n) is 6.52. The number of carbonyl (C=O) groups is 1. The number of thiazole rings is 1. The maximum Gasteiger partial charge on any atom is 0.253 e. The number of rotatable bonds is 3. The van der Waals surface area contributed by atoms with Gasteiger partial charge in [0.25, 0.3) is 5.91 Å². The van der Waals surface area contributed by atoms with Crippen molar-refractivity contribution in [2.45, 2.75) is 25.4 Å². The fourth-order valence-corrected chi connectivity index (χ4v) is 4.43. The standard InChI is InChI=1S/C18H23N3O3S/c1-23-13-5-6-16-14(11-13)19-18(25-16)21-9-10-24-15(12-21)17(22)20-7-3-2-4-8-20/h5-6,11,15H,2-4,7-10,12H2,1H3. The summed E-state index contributed by atoms with van der Waals surface area (Å²) >= 11 is 1.65. The van der Waals surface area contributed by atoms with E-state index in [4.69, 9.17) is 14.5 Å². The third-order valence-electron chi connectivity index (χ3n) is 4.86. The van der Waals surface area contributed by atoms with Crippen LogP contribution in [0, 0.1) is 0 Å². The molecule has 1 aromatic heterocycles. The number of benzene rings is 1. The maximum absolute atomic E-state index is 12.7. The van der Waals surface area contributed by atoms with Crippen molar-refractivity contribution in [1.82, 2.24) is 9.88 Å². The van der Waals surface area contributed by atoms with Gasteiger partial charge in [0.1, 0.15) is 5.75 Å². The lowest BCUT2D eigenvalue weighted by Crippen LogP contribution is -2.52. The molecule has 1 unspecified atom stereocenters. The lowest BCUT2D eigenvalue weighted by atomic mass is 10.1. The molecule has 3 heterocycles. The molecule has 0 aliphatic carbocycles. The van der Waals surface area contributed by atoms with Crippen LogP contribution in [0.25, 0.3) is 10.2 Å². The Hall–Kier alpha value is -1.86. The average molecular weight is 361 g/mol. The van der Waals surface area contributed by atoms with E-state index < -0.39 is 0 Å². The number of morpholine rings is 1. The number of anilines is 1. The molecule has 1 amide bonds. The summed E-state index contributed by atoms with van der Waals surface area (Å²) in [5, 5.41) is 0.947. The molecular formula is C18H23N3O3S. The van der Waals surface area contributed by atoms with Crippen LogP contribution >= 0.6 is 11.3 Å². The smallest absolute Gasteiger partial charge is 0.253 e. The minimum atomic E-state index is -0.381. The van der Waals surface area contributed by atoms with E-state index in [9.17, 15) is 4.79 Å². The molecule has 7 heteroatoms. The Kier molecular flexibility index (Phi) is 4.76. The number of amides is 1. The summed E-state index contributed by atoms with van der Waals surface area (Å²) in [5.41, 5.74) is 0.935. The van der Waals surface area contributed by atoms with Gasteiger partial charge < -0.3 is 19.3 Å². The Morgan fingerprint density at radius 2 is 2.12 bits per heavy atom. The van der Waals surface area contributed by atoms with E-state index in [1.165, 1.54) is 6.42 Å². The molecule has 1 aromatic carbocycles. The second-order valence-corrected chi connectivity index (χ2v) is 7.53. The van der Waals surface area contributed by atoms with Crippen LogP contribution in [0.15, 0.2) is 18.2 Å². The lowest BCUT2D eigenvalue weighted by Gasteiger charge is -2.36. The third-order valence-corrected chi connectivity index (χ3v) is 5.96. The zero-order chi connectivity index (χ0) is 17.2. The van der Waals surface area contributed by atoms with E-state index >= 15 is 0 Å². The van der Waals surface area contributed by atoms with Crippen LogP contribution in [0.2, 0.25) is 0 Å². The first kappa shape index (κ1) is 16.6. The fraction of sp³-hybridized carbons (Fsp3) is 0.556. The summed E-state index contributed by atoms with van der Waals surface area (Å²) < 4.78 is 12.2. The molecule has 0 bridgehead atoms. The zero-order valence-electron chi connectivity index (χ0n) is 14.4. The highest BCUT2D eigenvalue weighted by molar-refractivity contribution is 7.22. The van der Waals surface area contributed by atoms with Crippen LogP contribution in [-0.2, 0) is 9.53 Å². The van der Waals surface area contributed by atoms with Crippen LogP contribution in [0.4, 0.5) is 5.13 Å². The number of methoxy groups -OCH3 is 1. The topological polar surface area (TPSA) is 54.9 Å². The summed E-state index contributed by atoms with van der Waals surface area (Å²) in [7, 11) is 1.66. The molecular weight excluding hydrogens is 338 g/mol. The highest BCUT2D eigenvalue weighted by Crippen LogP contribution is 2.32. The van der Waals surface area contributed by atoms with E-state index in [0.717, 1.165) is 53.6 Å². The van der Waals surface area contributed by atoms with E-state index in [1.807, 2.05) is 23.1 Å². The molecule has 6 nitrogen and oxygen atoms in total. The van der Waals surface area contributed by atoms with Crippen LogP contribution < -0.4 is 9.64 Å². The number of piperidine rings is 1. The van der Waals surface area contributed by atoms with E-state index in [0.29, 0.717) is 13.2 Å². The molecule has 0 N–H and O–H groups in total. The normalized spacial score (nSPS) is 21.6. The van der Waals surface area contributed by atoms with E-state index in [1.54, 1.807) is 18.4 Å². The molecule has 2 aliphatic rings. The Balaban J connectivity index is 1.49. The molecule has 4 rings (SSSR count). The zero-order valence-corrected chi connectivity index (χ0v) is 15.3. The summed E-state index contributed by atoms with van der Waals surface area (Å²) in [6.45, 7) is 3.62. The Bertz CT molecular complexity index is 757. The largest absolute Gasteiger partial charge is 0.497 e. The Labute approximate surface area is 151 Å². The van der Waals surface area contributed by atoms with Gasteiger partial charge in [-0.2, -0.15) is 0 Å². The van der Waals surface area contributed by atoms with Gasteiger partial charge in [0.2, 0.25) is 0 Å². The highest BCUT2D eigenvalue weighted by atomic mass is 32.1. The van der Waals surface area contributed by atoms with Crippen LogP contribution in [-0.4, -0.2) is 61.8 Å². The monoisotopic (exact) mass is 361 g/mol. The maximum atomic E-state index is 12.7. The van der Waals surface area contributed by atoms with Crippen LogP contribution in [0.5, 0.6) is 5.75 Å². The van der Waals surface area contributed by atoms with Crippen molar-refractivity contribution in [3.8, 4) is 5.75 Å². The number of carbonyl (C=O) groups excluding carboxylic acids is 1. The first-order valence-electron chi connectivity index (χ1n) is 8.84.